The van der Waals surface area contributed by atoms with Crippen molar-refractivity contribution in [3.63, 3.8) is 0 Å². The molecule has 1 heterocycles. The largest absolute Gasteiger partial charge is 0.328 e. The third kappa shape index (κ3) is 2.96. The van der Waals surface area contributed by atoms with Gasteiger partial charge in [0.05, 0.1) is 0 Å². The fourth-order valence-electron chi connectivity index (χ4n) is 1.59. The van der Waals surface area contributed by atoms with Crippen LogP contribution in [0.2, 0.25) is 5.02 Å². The van der Waals surface area contributed by atoms with E-state index < -0.39 is 0 Å². The van der Waals surface area contributed by atoms with Crippen molar-refractivity contribution in [2.24, 2.45) is 4.99 Å². The minimum absolute atomic E-state index is 0.634. The van der Waals surface area contributed by atoms with Crippen molar-refractivity contribution >= 4 is 11.6 Å². The van der Waals surface area contributed by atoms with Crippen molar-refractivity contribution in [3.05, 3.63) is 64.7 Å². The third-order valence-corrected chi connectivity index (χ3v) is 2.56. The highest BCUT2D eigenvalue weighted by Crippen LogP contribution is 2.11. The lowest BCUT2D eigenvalue weighted by molar-refractivity contribution is 0.743. The number of halogens is 1. The molecule has 0 aliphatic heterocycles. The maximum absolute atomic E-state index is 8.60. The van der Waals surface area contributed by atoms with E-state index in [1.54, 1.807) is 12.3 Å². The Morgan fingerprint density at radius 1 is 1.24 bits per heavy atom. The van der Waals surface area contributed by atoms with Gasteiger partial charge in [0.1, 0.15) is 5.49 Å². The summed E-state index contributed by atoms with van der Waals surface area (Å²) in [6.45, 7) is 0.641. The average molecular weight is 244 g/mol. The van der Waals surface area contributed by atoms with E-state index in [0.717, 1.165) is 5.56 Å². The van der Waals surface area contributed by atoms with Gasteiger partial charge < -0.3 is 4.57 Å². The summed E-state index contributed by atoms with van der Waals surface area (Å²) in [6.07, 6.45) is 3.69. The van der Waals surface area contributed by atoms with Gasteiger partial charge in [0.25, 0.3) is 0 Å². The first kappa shape index (κ1) is 11.4. The van der Waals surface area contributed by atoms with Crippen molar-refractivity contribution in [1.29, 1.82) is 5.26 Å². The molecule has 0 fully saturated rings. The van der Waals surface area contributed by atoms with Gasteiger partial charge in [-0.05, 0) is 29.8 Å². The van der Waals surface area contributed by atoms with Crippen molar-refractivity contribution in [3.8, 4) is 6.19 Å². The van der Waals surface area contributed by atoms with Crippen LogP contribution < -0.4 is 5.49 Å². The second-order valence-electron chi connectivity index (χ2n) is 3.53. The fourth-order valence-corrected chi connectivity index (χ4v) is 1.80. The van der Waals surface area contributed by atoms with E-state index in [9.17, 15) is 0 Å². The number of hydrogen-bond donors (Lipinski definition) is 0. The van der Waals surface area contributed by atoms with Gasteiger partial charge in [0.2, 0.25) is 6.19 Å². The van der Waals surface area contributed by atoms with E-state index >= 15 is 0 Å². The van der Waals surface area contributed by atoms with E-state index in [1.807, 2.05) is 47.2 Å². The van der Waals surface area contributed by atoms with Crippen LogP contribution in [0.1, 0.15) is 5.56 Å². The van der Waals surface area contributed by atoms with Crippen LogP contribution in [0.4, 0.5) is 0 Å². The van der Waals surface area contributed by atoms with Crippen LogP contribution in [0.25, 0.3) is 0 Å². The molecule has 2 rings (SSSR count). The van der Waals surface area contributed by atoms with Crippen molar-refractivity contribution in [2.75, 3.05) is 0 Å². The predicted molar refractivity (Wildman–Crippen MR) is 66.2 cm³/mol. The second-order valence-corrected chi connectivity index (χ2v) is 3.96. The smallest absolute Gasteiger partial charge is 0.207 e. The maximum Gasteiger partial charge on any atom is 0.207 e. The zero-order chi connectivity index (χ0) is 12.1. The lowest BCUT2D eigenvalue weighted by Gasteiger charge is -2.06. The molecule has 0 spiro atoms. The Morgan fingerprint density at radius 2 is 2.12 bits per heavy atom. The molecule has 0 radical (unpaired) electrons. The molecule has 0 amide bonds. The van der Waals surface area contributed by atoms with Crippen LogP contribution in [-0.2, 0) is 6.54 Å². The molecule has 17 heavy (non-hydrogen) atoms. The van der Waals surface area contributed by atoms with Gasteiger partial charge in [0.15, 0.2) is 0 Å². The van der Waals surface area contributed by atoms with Crippen molar-refractivity contribution < 1.29 is 0 Å². The lowest BCUT2D eigenvalue weighted by Crippen LogP contribution is -2.19. The summed E-state index contributed by atoms with van der Waals surface area (Å²) in [5.41, 5.74) is 1.71. The van der Waals surface area contributed by atoms with E-state index in [-0.39, 0.29) is 0 Å². The van der Waals surface area contributed by atoms with Gasteiger partial charge in [0, 0.05) is 17.8 Å². The molecule has 2 aromatic rings. The van der Waals surface area contributed by atoms with Gasteiger partial charge in [-0.25, -0.2) is 0 Å². The van der Waals surface area contributed by atoms with Crippen LogP contribution in [-0.4, -0.2) is 4.57 Å². The number of aromatic nitrogens is 1. The molecular formula is C13H10ClN3. The molecule has 1 aromatic heterocycles. The molecule has 0 aliphatic carbocycles. The Balaban J connectivity index is 2.37. The summed E-state index contributed by atoms with van der Waals surface area (Å²) in [5.74, 6) is 0. The SMILES string of the molecule is N#C/N=c1\ccccn1Cc1cccc(Cl)c1. The molecule has 0 N–H and O–H groups in total. The first-order valence-corrected chi connectivity index (χ1v) is 5.50. The summed E-state index contributed by atoms with van der Waals surface area (Å²) in [7, 11) is 0. The van der Waals surface area contributed by atoms with Gasteiger partial charge in [-0.3, -0.25) is 0 Å². The molecule has 0 bridgehead atoms. The quantitative estimate of drug-likeness (QED) is 0.748. The monoisotopic (exact) mass is 243 g/mol. The molecule has 0 aliphatic rings. The molecular weight excluding hydrogens is 234 g/mol. The summed E-state index contributed by atoms with van der Waals surface area (Å²) < 4.78 is 1.90. The Bertz CT molecular complexity index is 623. The minimum atomic E-state index is 0.634. The fraction of sp³-hybridized carbons (Fsp3) is 0.0769. The van der Waals surface area contributed by atoms with Crippen LogP contribution in [0, 0.1) is 11.5 Å². The standard InChI is InChI=1S/C13H10ClN3/c14-12-5-3-4-11(8-12)9-17-7-2-1-6-13(17)16-10-15/h1-8H,9H2/b16-13+. The highest BCUT2D eigenvalue weighted by molar-refractivity contribution is 6.30. The second kappa shape index (κ2) is 5.33. The van der Waals surface area contributed by atoms with Gasteiger partial charge >= 0.3 is 0 Å². The number of rotatable bonds is 2. The summed E-state index contributed by atoms with van der Waals surface area (Å²) >= 11 is 5.93. The van der Waals surface area contributed by atoms with Crippen LogP contribution >= 0.6 is 11.6 Å². The summed E-state index contributed by atoms with van der Waals surface area (Å²) in [6, 6.07) is 13.2. The van der Waals surface area contributed by atoms with Crippen LogP contribution in [0.15, 0.2) is 53.7 Å². The van der Waals surface area contributed by atoms with E-state index in [4.69, 9.17) is 16.9 Å². The zero-order valence-corrected chi connectivity index (χ0v) is 9.80. The maximum atomic E-state index is 8.60. The zero-order valence-electron chi connectivity index (χ0n) is 9.05. The Hall–Kier alpha value is -2.05. The number of nitrogens with zero attached hydrogens (tertiary/aromatic N) is 3. The van der Waals surface area contributed by atoms with Gasteiger partial charge in [-0.15, -0.1) is 0 Å². The van der Waals surface area contributed by atoms with Crippen LogP contribution in [0.3, 0.4) is 0 Å². The highest BCUT2D eigenvalue weighted by Gasteiger charge is 1.96. The number of pyridine rings is 1. The first-order chi connectivity index (χ1) is 8.29. The molecule has 1 aromatic carbocycles. The number of nitriles is 1. The number of hydrogen-bond acceptors (Lipinski definition) is 2. The number of benzene rings is 1. The molecule has 3 nitrogen and oxygen atoms in total. The molecule has 0 atom stereocenters. The average Bonchev–Trinajstić information content (AvgIpc) is 2.32. The van der Waals surface area contributed by atoms with Crippen molar-refractivity contribution in [1.82, 2.24) is 4.57 Å². The lowest BCUT2D eigenvalue weighted by atomic mass is 10.2. The Morgan fingerprint density at radius 3 is 2.88 bits per heavy atom. The highest BCUT2D eigenvalue weighted by atomic mass is 35.5. The van der Waals surface area contributed by atoms with E-state index in [2.05, 4.69) is 4.99 Å². The molecule has 0 saturated heterocycles. The minimum Gasteiger partial charge on any atom is -0.328 e. The van der Waals surface area contributed by atoms with E-state index in [1.165, 1.54) is 0 Å². The van der Waals surface area contributed by atoms with Gasteiger partial charge in [-0.1, -0.05) is 29.8 Å². The normalized spacial score (nSPS) is 11.2. The van der Waals surface area contributed by atoms with Crippen molar-refractivity contribution in [2.45, 2.75) is 6.54 Å². The molecule has 4 heteroatoms. The third-order valence-electron chi connectivity index (χ3n) is 2.32. The Kier molecular flexibility index (Phi) is 3.59. The molecule has 84 valence electrons. The van der Waals surface area contributed by atoms with Gasteiger partial charge in [-0.2, -0.15) is 10.3 Å². The first-order valence-electron chi connectivity index (χ1n) is 5.12. The summed E-state index contributed by atoms with van der Waals surface area (Å²) in [5, 5.41) is 9.31. The molecule has 0 saturated carbocycles. The topological polar surface area (TPSA) is 41.1 Å². The van der Waals surface area contributed by atoms with E-state index in [0.29, 0.717) is 17.1 Å². The Labute approximate surface area is 104 Å². The predicted octanol–water partition coefficient (Wildman–Crippen LogP) is 2.57. The molecule has 0 unspecified atom stereocenters. The summed E-state index contributed by atoms with van der Waals surface area (Å²) in [4.78, 5) is 3.76. The van der Waals surface area contributed by atoms with Crippen LogP contribution in [0.5, 0.6) is 0 Å².